The normalized spacial score (nSPS) is 10.7. The Morgan fingerprint density at radius 2 is 1.83 bits per heavy atom. The van der Waals surface area contributed by atoms with Crippen LogP contribution in [0.2, 0.25) is 0 Å². The van der Waals surface area contributed by atoms with Gasteiger partial charge >= 0.3 is 5.97 Å². The molecule has 0 radical (unpaired) electrons. The van der Waals surface area contributed by atoms with E-state index in [0.717, 1.165) is 5.56 Å². The molecule has 0 saturated heterocycles. The van der Waals surface area contributed by atoms with E-state index < -0.39 is 0 Å². The molecule has 0 aliphatic rings. The molecule has 150 valence electrons. The third kappa shape index (κ3) is 5.07. The summed E-state index contributed by atoms with van der Waals surface area (Å²) >= 11 is 0. The Bertz CT molecular complexity index is 1070. The number of H-pyrrole nitrogens is 1. The van der Waals surface area contributed by atoms with Gasteiger partial charge in [-0.05, 0) is 36.2 Å². The number of hydrogen-bond donors (Lipinski definition) is 1. The van der Waals surface area contributed by atoms with Crippen LogP contribution in [0.1, 0.15) is 34.6 Å². The molecule has 0 saturated carbocycles. The topological polar surface area (TPSA) is 92.4 Å². The number of benzene rings is 2. The number of hydrogen-bond acceptors (Lipinski definition) is 5. The van der Waals surface area contributed by atoms with Gasteiger partial charge in [-0.2, -0.15) is 0 Å². The average Bonchev–Trinajstić information content (AvgIpc) is 2.73. The van der Waals surface area contributed by atoms with Crippen molar-refractivity contribution in [3.05, 3.63) is 75.8 Å². The minimum atomic E-state index is -0.388. The van der Waals surface area contributed by atoms with Crippen molar-refractivity contribution in [2.75, 3.05) is 14.2 Å². The zero-order chi connectivity index (χ0) is 20.8. The van der Waals surface area contributed by atoms with Crippen molar-refractivity contribution in [1.82, 2.24) is 14.9 Å². The quantitative estimate of drug-likeness (QED) is 0.623. The predicted octanol–water partition coefficient (Wildman–Crippen LogP) is 2.69. The van der Waals surface area contributed by atoms with E-state index in [2.05, 4.69) is 14.7 Å². The molecular weight excluding hydrogens is 370 g/mol. The van der Waals surface area contributed by atoms with Gasteiger partial charge in [-0.25, -0.2) is 9.78 Å². The van der Waals surface area contributed by atoms with Gasteiger partial charge in [0.1, 0.15) is 5.82 Å². The van der Waals surface area contributed by atoms with Crippen LogP contribution < -0.4 is 5.56 Å². The summed E-state index contributed by atoms with van der Waals surface area (Å²) in [5, 5.41) is 0.560. The molecule has 7 heteroatoms. The summed E-state index contributed by atoms with van der Waals surface area (Å²) in [6.45, 7) is 0.450. The molecule has 0 unspecified atom stereocenters. The van der Waals surface area contributed by atoms with Crippen LogP contribution in [0, 0.1) is 0 Å². The number of nitrogens with one attached hydrogen (secondary N) is 1. The molecule has 0 aliphatic heterocycles. The Kier molecular flexibility index (Phi) is 6.39. The second-order valence-electron chi connectivity index (χ2n) is 6.82. The number of fused-ring (bicyclic) bond motifs is 1. The number of carbonyl (C=O) groups is 2. The number of para-hydroxylation sites is 1. The third-order valence-corrected chi connectivity index (χ3v) is 4.69. The maximum absolute atomic E-state index is 12.4. The van der Waals surface area contributed by atoms with E-state index in [0.29, 0.717) is 48.1 Å². The summed E-state index contributed by atoms with van der Waals surface area (Å²) < 4.78 is 4.68. The van der Waals surface area contributed by atoms with Gasteiger partial charge in [-0.15, -0.1) is 0 Å². The number of rotatable bonds is 7. The standard InChI is InChI=1S/C22H23N3O4/c1-25(14-15-10-12-16(13-11-15)22(28)29-2)20(26)9-5-8-19-23-18-7-4-3-6-17(18)21(27)24-19/h3-4,6-7,10-13H,5,8-9,14H2,1-2H3,(H,23,24,27). The first-order valence-electron chi connectivity index (χ1n) is 9.37. The lowest BCUT2D eigenvalue weighted by molar-refractivity contribution is -0.130. The number of aromatic nitrogens is 2. The van der Waals surface area contributed by atoms with E-state index in [1.807, 2.05) is 6.07 Å². The lowest BCUT2D eigenvalue weighted by atomic mass is 10.1. The van der Waals surface area contributed by atoms with Crippen molar-refractivity contribution < 1.29 is 14.3 Å². The molecule has 3 rings (SSSR count). The Morgan fingerprint density at radius 1 is 1.10 bits per heavy atom. The minimum Gasteiger partial charge on any atom is -0.465 e. The SMILES string of the molecule is COC(=O)c1ccc(CN(C)C(=O)CCCc2nc3ccccc3c(=O)[nH]2)cc1. The van der Waals surface area contributed by atoms with Crippen LogP contribution in [0.3, 0.4) is 0 Å². The third-order valence-electron chi connectivity index (χ3n) is 4.69. The van der Waals surface area contributed by atoms with Crippen LogP contribution in [0.5, 0.6) is 0 Å². The molecule has 29 heavy (non-hydrogen) atoms. The van der Waals surface area contributed by atoms with Crippen LogP contribution in [0.25, 0.3) is 10.9 Å². The van der Waals surface area contributed by atoms with E-state index in [4.69, 9.17) is 0 Å². The van der Waals surface area contributed by atoms with E-state index in [1.54, 1.807) is 54.4 Å². The molecule has 7 nitrogen and oxygen atoms in total. The molecule has 1 amide bonds. The van der Waals surface area contributed by atoms with Gasteiger partial charge in [0.25, 0.3) is 5.56 Å². The van der Waals surface area contributed by atoms with Crippen molar-refractivity contribution in [2.24, 2.45) is 0 Å². The van der Waals surface area contributed by atoms with Gasteiger partial charge in [0.2, 0.25) is 5.91 Å². The lowest BCUT2D eigenvalue weighted by Gasteiger charge is -2.17. The van der Waals surface area contributed by atoms with Gasteiger partial charge in [-0.3, -0.25) is 9.59 Å². The Balaban J connectivity index is 1.52. The zero-order valence-electron chi connectivity index (χ0n) is 16.5. The van der Waals surface area contributed by atoms with Crippen LogP contribution in [0.4, 0.5) is 0 Å². The van der Waals surface area contributed by atoms with Crippen LogP contribution in [-0.4, -0.2) is 40.9 Å². The van der Waals surface area contributed by atoms with Crippen molar-refractivity contribution >= 4 is 22.8 Å². The second-order valence-corrected chi connectivity index (χ2v) is 6.82. The molecule has 0 bridgehead atoms. The van der Waals surface area contributed by atoms with Gasteiger partial charge in [-0.1, -0.05) is 24.3 Å². The fourth-order valence-corrected chi connectivity index (χ4v) is 3.08. The number of nitrogens with zero attached hydrogens (tertiary/aromatic N) is 2. The lowest BCUT2D eigenvalue weighted by Crippen LogP contribution is -2.26. The second kappa shape index (κ2) is 9.14. The molecule has 0 atom stereocenters. The highest BCUT2D eigenvalue weighted by atomic mass is 16.5. The van der Waals surface area contributed by atoms with Gasteiger partial charge in [0.05, 0.1) is 23.6 Å². The van der Waals surface area contributed by atoms with E-state index in [9.17, 15) is 14.4 Å². The van der Waals surface area contributed by atoms with Crippen LogP contribution >= 0.6 is 0 Å². The van der Waals surface area contributed by atoms with E-state index >= 15 is 0 Å². The van der Waals surface area contributed by atoms with Gasteiger partial charge in [0, 0.05) is 26.4 Å². The maximum atomic E-state index is 12.4. The minimum absolute atomic E-state index is 0.00480. The monoisotopic (exact) mass is 393 g/mol. The number of aryl methyl sites for hydroxylation is 1. The number of amides is 1. The highest BCUT2D eigenvalue weighted by molar-refractivity contribution is 5.89. The molecule has 0 fully saturated rings. The summed E-state index contributed by atoms with van der Waals surface area (Å²) in [4.78, 5) is 44.8. The summed E-state index contributed by atoms with van der Waals surface area (Å²) in [6.07, 6.45) is 1.46. The zero-order valence-corrected chi connectivity index (χ0v) is 16.5. The van der Waals surface area contributed by atoms with Crippen molar-refractivity contribution in [1.29, 1.82) is 0 Å². The fraction of sp³-hybridized carbons (Fsp3) is 0.273. The summed E-state index contributed by atoms with van der Waals surface area (Å²) in [6, 6.07) is 14.2. The first kappa shape index (κ1) is 20.3. The van der Waals surface area contributed by atoms with E-state index in [1.165, 1.54) is 7.11 Å². The number of aromatic amines is 1. The smallest absolute Gasteiger partial charge is 0.337 e. The highest BCUT2D eigenvalue weighted by Gasteiger charge is 2.11. The number of carbonyl (C=O) groups excluding carboxylic acids is 2. The van der Waals surface area contributed by atoms with Crippen molar-refractivity contribution in [2.45, 2.75) is 25.8 Å². The molecule has 2 aromatic carbocycles. The Hall–Kier alpha value is -3.48. The molecular formula is C22H23N3O4. The average molecular weight is 393 g/mol. The van der Waals surface area contributed by atoms with Crippen LogP contribution in [-0.2, 0) is 22.5 Å². The molecule has 0 spiro atoms. The molecule has 1 aromatic heterocycles. The van der Waals surface area contributed by atoms with Crippen molar-refractivity contribution in [3.8, 4) is 0 Å². The number of ether oxygens (including phenoxy) is 1. The highest BCUT2D eigenvalue weighted by Crippen LogP contribution is 2.11. The summed E-state index contributed by atoms with van der Waals surface area (Å²) in [5.41, 5.74) is 1.89. The molecule has 0 aliphatic carbocycles. The Morgan fingerprint density at radius 3 is 2.55 bits per heavy atom. The van der Waals surface area contributed by atoms with Crippen molar-refractivity contribution in [3.63, 3.8) is 0 Å². The van der Waals surface area contributed by atoms with Gasteiger partial charge < -0.3 is 14.6 Å². The maximum Gasteiger partial charge on any atom is 0.337 e. The largest absolute Gasteiger partial charge is 0.465 e. The molecule has 1 N–H and O–H groups in total. The van der Waals surface area contributed by atoms with E-state index in [-0.39, 0.29) is 17.4 Å². The van der Waals surface area contributed by atoms with Gasteiger partial charge in [0.15, 0.2) is 0 Å². The summed E-state index contributed by atoms with van der Waals surface area (Å²) in [7, 11) is 3.08. The Labute approximate surface area is 168 Å². The molecule has 3 aromatic rings. The predicted molar refractivity (Wildman–Crippen MR) is 110 cm³/mol. The fourth-order valence-electron chi connectivity index (χ4n) is 3.08. The van der Waals surface area contributed by atoms with Crippen LogP contribution in [0.15, 0.2) is 53.3 Å². The number of esters is 1. The number of methoxy groups -OCH3 is 1. The first-order chi connectivity index (χ1) is 14.0. The summed E-state index contributed by atoms with van der Waals surface area (Å²) in [5.74, 6) is 0.203. The molecule has 1 heterocycles. The first-order valence-corrected chi connectivity index (χ1v) is 9.37.